The lowest BCUT2D eigenvalue weighted by Gasteiger charge is -2.14. The number of nitro groups is 1. The van der Waals surface area contributed by atoms with E-state index in [1.54, 1.807) is 6.07 Å². The van der Waals surface area contributed by atoms with Crippen molar-refractivity contribution in [3.8, 4) is 11.5 Å². The summed E-state index contributed by atoms with van der Waals surface area (Å²) < 4.78 is 33.2. The molecule has 0 bridgehead atoms. The fraction of sp³-hybridized carbons (Fsp3) is 0. The zero-order valence-electron chi connectivity index (χ0n) is 16.0. The standard InChI is InChI=1S/C20H14N2O9S/c23-19(24)15-10-7-13(11-16(15)20(25)26)31-18-4-2-1-3-17(18)21-32(29,30)14-8-5-12(6-9-14)22(27)28/h1-11,21H,(H,23,24)(H,25,26). The summed E-state index contributed by atoms with van der Waals surface area (Å²) in [7, 11) is -4.13. The van der Waals surface area contributed by atoms with Crippen LogP contribution in [0.2, 0.25) is 0 Å². The van der Waals surface area contributed by atoms with Gasteiger partial charge in [0.25, 0.3) is 15.7 Å². The number of nitro benzene ring substituents is 1. The SMILES string of the molecule is O=C(O)c1ccc(Oc2ccccc2NS(=O)(=O)c2ccc([N+](=O)[O-])cc2)cc1C(=O)O. The quantitative estimate of drug-likeness (QED) is 0.337. The van der Waals surface area contributed by atoms with Crippen molar-refractivity contribution in [2.75, 3.05) is 4.72 Å². The molecule has 32 heavy (non-hydrogen) atoms. The van der Waals surface area contributed by atoms with Crippen LogP contribution < -0.4 is 9.46 Å². The molecule has 0 heterocycles. The van der Waals surface area contributed by atoms with Crippen LogP contribution in [0.5, 0.6) is 11.5 Å². The minimum Gasteiger partial charge on any atom is -0.478 e. The number of carbonyl (C=O) groups is 2. The number of hydrogen-bond acceptors (Lipinski definition) is 7. The Kier molecular flexibility index (Phi) is 6.07. The Morgan fingerprint density at radius 1 is 0.906 bits per heavy atom. The second-order valence-corrected chi connectivity index (χ2v) is 7.95. The van der Waals surface area contributed by atoms with Gasteiger partial charge in [-0.15, -0.1) is 0 Å². The van der Waals surface area contributed by atoms with Crippen LogP contribution in [0.3, 0.4) is 0 Å². The lowest BCUT2D eigenvalue weighted by atomic mass is 10.1. The number of nitrogens with one attached hydrogen (secondary N) is 1. The van der Waals surface area contributed by atoms with Gasteiger partial charge in [0.2, 0.25) is 0 Å². The van der Waals surface area contributed by atoms with E-state index in [1.807, 2.05) is 0 Å². The molecule has 0 radical (unpaired) electrons. The molecule has 3 aromatic rings. The Hall–Kier alpha value is -4.45. The molecule has 0 atom stereocenters. The average molecular weight is 458 g/mol. The summed E-state index contributed by atoms with van der Waals surface area (Å²) in [6.07, 6.45) is 0. The number of para-hydroxylation sites is 2. The van der Waals surface area contributed by atoms with Gasteiger partial charge in [-0.3, -0.25) is 14.8 Å². The van der Waals surface area contributed by atoms with E-state index in [0.29, 0.717) is 0 Å². The predicted molar refractivity (Wildman–Crippen MR) is 111 cm³/mol. The van der Waals surface area contributed by atoms with Gasteiger partial charge in [0.05, 0.1) is 26.6 Å². The van der Waals surface area contributed by atoms with Gasteiger partial charge in [-0.2, -0.15) is 0 Å². The number of carboxylic acid groups (broad SMARTS) is 2. The average Bonchev–Trinajstić information content (AvgIpc) is 2.74. The maximum atomic E-state index is 12.7. The molecule has 11 nitrogen and oxygen atoms in total. The molecule has 12 heteroatoms. The van der Waals surface area contributed by atoms with Crippen LogP contribution in [0, 0.1) is 10.1 Å². The Bertz CT molecular complexity index is 1320. The van der Waals surface area contributed by atoms with Crippen molar-refractivity contribution in [3.63, 3.8) is 0 Å². The minimum absolute atomic E-state index is 0.00467. The van der Waals surface area contributed by atoms with Gasteiger partial charge in [-0.25, -0.2) is 18.0 Å². The minimum atomic E-state index is -4.13. The second kappa shape index (κ2) is 8.73. The molecule has 0 aliphatic heterocycles. The molecule has 0 saturated heterocycles. The van der Waals surface area contributed by atoms with Crippen molar-refractivity contribution in [2.24, 2.45) is 0 Å². The third-order valence-corrected chi connectivity index (χ3v) is 5.55. The third kappa shape index (κ3) is 4.82. The molecule has 0 aliphatic rings. The number of nitrogens with zero attached hydrogens (tertiary/aromatic N) is 1. The molecule has 0 aliphatic carbocycles. The molecule has 3 rings (SSSR count). The topological polar surface area (TPSA) is 173 Å². The van der Waals surface area contributed by atoms with Crippen LogP contribution in [0.4, 0.5) is 11.4 Å². The van der Waals surface area contributed by atoms with E-state index in [0.717, 1.165) is 36.4 Å². The lowest BCUT2D eigenvalue weighted by Crippen LogP contribution is -2.13. The zero-order valence-corrected chi connectivity index (χ0v) is 16.8. The van der Waals surface area contributed by atoms with Crippen molar-refractivity contribution in [1.29, 1.82) is 0 Å². The van der Waals surface area contributed by atoms with Gasteiger partial charge in [0.15, 0.2) is 5.75 Å². The number of carboxylic acids is 2. The summed E-state index contributed by atoms with van der Waals surface area (Å²) in [6, 6.07) is 13.4. The lowest BCUT2D eigenvalue weighted by molar-refractivity contribution is -0.384. The number of rotatable bonds is 8. The van der Waals surface area contributed by atoms with Crippen molar-refractivity contribution >= 4 is 33.3 Å². The van der Waals surface area contributed by atoms with Crippen LogP contribution in [0.1, 0.15) is 20.7 Å². The molecule has 0 amide bonds. The van der Waals surface area contributed by atoms with Crippen molar-refractivity contribution in [3.05, 3.63) is 88.0 Å². The Morgan fingerprint density at radius 2 is 1.53 bits per heavy atom. The number of aromatic carboxylic acids is 2. The second-order valence-electron chi connectivity index (χ2n) is 6.27. The number of sulfonamides is 1. The number of anilines is 1. The van der Waals surface area contributed by atoms with E-state index in [-0.39, 0.29) is 27.8 Å². The first-order valence-electron chi connectivity index (χ1n) is 8.73. The first-order chi connectivity index (χ1) is 15.1. The zero-order chi connectivity index (χ0) is 23.5. The molecule has 3 aromatic carbocycles. The van der Waals surface area contributed by atoms with E-state index in [2.05, 4.69) is 4.72 Å². The summed E-state index contributed by atoms with van der Waals surface area (Å²) in [5.41, 5.74) is -1.20. The molecular formula is C20H14N2O9S. The van der Waals surface area contributed by atoms with Gasteiger partial charge in [0.1, 0.15) is 5.75 Å². The Balaban J connectivity index is 1.91. The van der Waals surface area contributed by atoms with Gasteiger partial charge in [-0.05, 0) is 42.5 Å². The fourth-order valence-corrected chi connectivity index (χ4v) is 3.74. The third-order valence-electron chi connectivity index (χ3n) is 4.17. The highest BCUT2D eigenvalue weighted by molar-refractivity contribution is 7.92. The van der Waals surface area contributed by atoms with E-state index >= 15 is 0 Å². The Labute approximate surface area is 180 Å². The molecule has 0 spiro atoms. The smallest absolute Gasteiger partial charge is 0.336 e. The monoisotopic (exact) mass is 458 g/mol. The maximum absolute atomic E-state index is 12.7. The number of hydrogen-bond donors (Lipinski definition) is 3. The molecule has 0 aromatic heterocycles. The first kappa shape index (κ1) is 22.2. The van der Waals surface area contributed by atoms with E-state index in [4.69, 9.17) is 9.84 Å². The van der Waals surface area contributed by atoms with E-state index in [9.17, 15) is 33.2 Å². The summed E-state index contributed by atoms with van der Waals surface area (Å²) >= 11 is 0. The fourth-order valence-electron chi connectivity index (χ4n) is 2.67. The van der Waals surface area contributed by atoms with Gasteiger partial charge in [0, 0.05) is 12.1 Å². The van der Waals surface area contributed by atoms with Crippen LogP contribution >= 0.6 is 0 Å². The molecular weight excluding hydrogens is 444 g/mol. The highest BCUT2D eigenvalue weighted by atomic mass is 32.2. The number of ether oxygens (including phenoxy) is 1. The highest BCUT2D eigenvalue weighted by Gasteiger charge is 2.20. The predicted octanol–water partition coefficient (Wildman–Crippen LogP) is 3.58. The first-order valence-corrected chi connectivity index (χ1v) is 10.2. The van der Waals surface area contributed by atoms with Crippen molar-refractivity contribution < 1.29 is 37.9 Å². The van der Waals surface area contributed by atoms with Crippen molar-refractivity contribution in [1.82, 2.24) is 0 Å². The molecule has 0 fully saturated rings. The van der Waals surface area contributed by atoms with Crippen LogP contribution in [-0.4, -0.2) is 35.5 Å². The van der Waals surface area contributed by atoms with Crippen molar-refractivity contribution in [2.45, 2.75) is 4.90 Å². The Morgan fingerprint density at radius 3 is 2.12 bits per heavy atom. The molecule has 0 saturated carbocycles. The maximum Gasteiger partial charge on any atom is 0.336 e. The number of non-ortho nitro benzene ring substituents is 1. The normalized spacial score (nSPS) is 10.9. The summed E-state index contributed by atoms with van der Waals surface area (Å²) in [5, 5.41) is 29.1. The molecule has 0 unspecified atom stereocenters. The van der Waals surface area contributed by atoms with Gasteiger partial charge < -0.3 is 14.9 Å². The van der Waals surface area contributed by atoms with Gasteiger partial charge >= 0.3 is 11.9 Å². The number of benzene rings is 3. The van der Waals surface area contributed by atoms with E-state index < -0.39 is 38.0 Å². The summed E-state index contributed by atoms with van der Waals surface area (Å²) in [4.78, 5) is 32.4. The summed E-state index contributed by atoms with van der Waals surface area (Å²) in [6.45, 7) is 0. The largest absolute Gasteiger partial charge is 0.478 e. The van der Waals surface area contributed by atoms with Crippen LogP contribution in [0.25, 0.3) is 0 Å². The van der Waals surface area contributed by atoms with Crippen LogP contribution in [-0.2, 0) is 10.0 Å². The highest BCUT2D eigenvalue weighted by Crippen LogP contribution is 2.32. The molecule has 164 valence electrons. The van der Waals surface area contributed by atoms with E-state index in [1.165, 1.54) is 24.3 Å². The van der Waals surface area contributed by atoms with Crippen LogP contribution in [0.15, 0.2) is 71.6 Å². The molecule has 3 N–H and O–H groups in total. The summed E-state index contributed by atoms with van der Waals surface area (Å²) in [5.74, 6) is -2.92. The van der Waals surface area contributed by atoms with Gasteiger partial charge in [-0.1, -0.05) is 12.1 Å².